The second kappa shape index (κ2) is 9.06. The van der Waals surface area contributed by atoms with Crippen LogP contribution in [-0.2, 0) is 14.3 Å². The maximum atomic E-state index is 12.9. The van der Waals surface area contributed by atoms with E-state index in [4.69, 9.17) is 15.9 Å². The third-order valence-electron chi connectivity index (χ3n) is 5.01. The number of anilines is 2. The summed E-state index contributed by atoms with van der Waals surface area (Å²) in [4.78, 5) is 26.9. The number of amidine groups is 1. The zero-order valence-electron chi connectivity index (χ0n) is 17.0. The number of amides is 2. The highest BCUT2D eigenvalue weighted by molar-refractivity contribution is 6.04. The predicted octanol–water partition coefficient (Wildman–Crippen LogP) is 1.83. The van der Waals surface area contributed by atoms with Crippen molar-refractivity contribution < 1.29 is 19.4 Å². The van der Waals surface area contributed by atoms with Gasteiger partial charge in [0.25, 0.3) is 11.8 Å². The molecule has 5 N–H and O–H groups in total. The lowest BCUT2D eigenvalue weighted by Crippen LogP contribution is -2.55. The molecule has 0 aromatic heterocycles. The molecular formula is C22H26N4O4. The number of benzene rings is 2. The molecule has 1 heterocycles. The predicted molar refractivity (Wildman–Crippen MR) is 115 cm³/mol. The van der Waals surface area contributed by atoms with Crippen LogP contribution < -0.4 is 16.0 Å². The van der Waals surface area contributed by atoms with Gasteiger partial charge in [0.05, 0.1) is 6.61 Å². The van der Waals surface area contributed by atoms with Gasteiger partial charge in [-0.1, -0.05) is 26.0 Å². The van der Waals surface area contributed by atoms with Crippen LogP contribution in [0.4, 0.5) is 11.4 Å². The van der Waals surface area contributed by atoms with Crippen LogP contribution in [0, 0.1) is 5.41 Å². The Bertz CT molecular complexity index is 925. The Hall–Kier alpha value is -3.23. The number of ether oxygens (including phenoxy) is 1. The number of carbonyl (C=O) groups excluding carboxylic acids is 2. The molecule has 1 aliphatic rings. The Kier molecular flexibility index (Phi) is 6.49. The van der Waals surface area contributed by atoms with Gasteiger partial charge in [-0.25, -0.2) is 0 Å². The largest absolute Gasteiger partial charge is 0.384 e. The van der Waals surface area contributed by atoms with Gasteiger partial charge in [0, 0.05) is 23.5 Å². The molecule has 0 spiro atoms. The first-order chi connectivity index (χ1) is 14.3. The van der Waals surface area contributed by atoms with E-state index in [9.17, 15) is 14.7 Å². The average Bonchev–Trinajstić information content (AvgIpc) is 2.74. The van der Waals surface area contributed by atoms with Crippen LogP contribution in [-0.4, -0.2) is 48.1 Å². The van der Waals surface area contributed by atoms with E-state index in [1.165, 1.54) is 4.90 Å². The fourth-order valence-electron chi connectivity index (χ4n) is 3.21. The summed E-state index contributed by atoms with van der Waals surface area (Å²) in [6, 6.07) is 13.9. The number of nitrogens with zero attached hydrogens (tertiary/aromatic N) is 1. The number of nitrogens with two attached hydrogens (primary N) is 1. The maximum absolute atomic E-state index is 12.9. The number of nitrogens with one attached hydrogen (secondary N) is 2. The van der Waals surface area contributed by atoms with Crippen LogP contribution in [0.2, 0.25) is 0 Å². The molecular weight excluding hydrogens is 384 g/mol. The molecule has 0 radical (unpaired) electrons. The van der Waals surface area contributed by atoms with Crippen LogP contribution in [0.1, 0.15) is 30.9 Å². The summed E-state index contributed by atoms with van der Waals surface area (Å²) in [6.45, 7) is 4.73. The van der Waals surface area contributed by atoms with Gasteiger partial charge in [0.15, 0.2) is 12.2 Å². The summed E-state index contributed by atoms with van der Waals surface area (Å²) in [5, 5.41) is 20.4. The van der Waals surface area contributed by atoms with Gasteiger partial charge in [-0.2, -0.15) is 0 Å². The van der Waals surface area contributed by atoms with E-state index >= 15 is 0 Å². The Morgan fingerprint density at radius 1 is 1.20 bits per heavy atom. The lowest BCUT2D eigenvalue weighted by Gasteiger charge is -2.34. The van der Waals surface area contributed by atoms with Gasteiger partial charge in [0.1, 0.15) is 5.84 Å². The number of rotatable bonds is 6. The van der Waals surface area contributed by atoms with E-state index in [0.29, 0.717) is 29.4 Å². The number of carbonyl (C=O) groups is 2. The Morgan fingerprint density at radius 2 is 1.83 bits per heavy atom. The van der Waals surface area contributed by atoms with Crippen molar-refractivity contribution in [2.75, 3.05) is 23.4 Å². The van der Waals surface area contributed by atoms with Crippen molar-refractivity contribution in [3.63, 3.8) is 0 Å². The summed E-state index contributed by atoms with van der Waals surface area (Å²) in [7, 11) is 0. The van der Waals surface area contributed by atoms with Crippen molar-refractivity contribution >= 4 is 29.0 Å². The van der Waals surface area contributed by atoms with Crippen LogP contribution in [0.15, 0.2) is 48.5 Å². The van der Waals surface area contributed by atoms with E-state index in [1.807, 2.05) is 24.3 Å². The van der Waals surface area contributed by atoms with E-state index < -0.39 is 24.0 Å². The number of aliphatic hydroxyl groups is 1. The number of aliphatic hydroxyl groups excluding tert-OH is 1. The molecule has 158 valence electrons. The maximum Gasteiger partial charge on any atom is 0.259 e. The van der Waals surface area contributed by atoms with Crippen molar-refractivity contribution in [2.24, 2.45) is 5.73 Å². The summed E-state index contributed by atoms with van der Waals surface area (Å²) in [5.41, 5.74) is 8.19. The van der Waals surface area contributed by atoms with Crippen molar-refractivity contribution in [2.45, 2.75) is 32.0 Å². The van der Waals surface area contributed by atoms with Crippen molar-refractivity contribution in [3.8, 4) is 0 Å². The number of hydrogen-bond acceptors (Lipinski definition) is 5. The van der Waals surface area contributed by atoms with Crippen LogP contribution in [0.3, 0.4) is 0 Å². The molecule has 1 aliphatic heterocycles. The van der Waals surface area contributed by atoms with Gasteiger partial charge < -0.3 is 25.8 Å². The molecule has 1 unspecified atom stereocenters. The molecule has 1 fully saturated rings. The fourth-order valence-corrected chi connectivity index (χ4v) is 3.21. The second-order valence-electron chi connectivity index (χ2n) is 7.45. The van der Waals surface area contributed by atoms with Crippen LogP contribution in [0.25, 0.3) is 0 Å². The average molecular weight is 410 g/mol. The van der Waals surface area contributed by atoms with Crippen LogP contribution in [0.5, 0.6) is 0 Å². The van der Waals surface area contributed by atoms with Gasteiger partial charge in [0.2, 0.25) is 0 Å². The molecule has 30 heavy (non-hydrogen) atoms. The van der Waals surface area contributed by atoms with Crippen molar-refractivity contribution in [3.05, 3.63) is 59.7 Å². The van der Waals surface area contributed by atoms with Gasteiger partial charge >= 0.3 is 0 Å². The summed E-state index contributed by atoms with van der Waals surface area (Å²) in [6.07, 6.45) is -2.96. The Balaban J connectivity index is 1.68. The molecule has 2 amide bonds. The molecule has 2 aromatic rings. The molecule has 3 rings (SSSR count). The third kappa shape index (κ3) is 4.67. The van der Waals surface area contributed by atoms with Gasteiger partial charge in [-0.3, -0.25) is 15.0 Å². The quantitative estimate of drug-likeness (QED) is 0.427. The van der Waals surface area contributed by atoms with Crippen molar-refractivity contribution in [1.29, 1.82) is 5.41 Å². The zero-order chi connectivity index (χ0) is 21.8. The number of nitrogen functional groups attached to an aromatic ring is 1. The SMILES string of the molecule is CC(C)c1ccc(N2CCO[C@H](C(O)C(=O)Nc3ccc(C(=N)N)cc3)C2=O)cc1. The van der Waals surface area contributed by atoms with E-state index in [1.54, 1.807) is 24.3 Å². The first kappa shape index (κ1) is 21.5. The third-order valence-corrected chi connectivity index (χ3v) is 5.01. The molecule has 8 heteroatoms. The minimum absolute atomic E-state index is 0.0874. The minimum Gasteiger partial charge on any atom is -0.384 e. The van der Waals surface area contributed by atoms with E-state index in [-0.39, 0.29) is 12.4 Å². The molecule has 2 aromatic carbocycles. The van der Waals surface area contributed by atoms with Gasteiger partial charge in [-0.05, 0) is 47.9 Å². The first-order valence-electron chi connectivity index (χ1n) is 9.74. The van der Waals surface area contributed by atoms with E-state index in [0.717, 1.165) is 5.56 Å². The monoisotopic (exact) mass is 410 g/mol. The fraction of sp³-hybridized carbons (Fsp3) is 0.318. The van der Waals surface area contributed by atoms with E-state index in [2.05, 4.69) is 19.2 Å². The topological polar surface area (TPSA) is 129 Å². The summed E-state index contributed by atoms with van der Waals surface area (Å²) >= 11 is 0. The normalized spacial score (nSPS) is 17.7. The highest BCUT2D eigenvalue weighted by Crippen LogP contribution is 2.24. The minimum atomic E-state index is -1.66. The highest BCUT2D eigenvalue weighted by Gasteiger charge is 2.39. The summed E-state index contributed by atoms with van der Waals surface area (Å²) < 4.78 is 5.43. The molecule has 8 nitrogen and oxygen atoms in total. The zero-order valence-corrected chi connectivity index (χ0v) is 17.0. The number of morpholine rings is 1. The Labute approximate surface area is 175 Å². The van der Waals surface area contributed by atoms with Crippen molar-refractivity contribution in [1.82, 2.24) is 0 Å². The molecule has 0 bridgehead atoms. The highest BCUT2D eigenvalue weighted by atomic mass is 16.5. The molecule has 2 atom stereocenters. The molecule has 1 saturated heterocycles. The first-order valence-corrected chi connectivity index (χ1v) is 9.74. The smallest absolute Gasteiger partial charge is 0.259 e. The number of hydrogen-bond donors (Lipinski definition) is 4. The second-order valence-corrected chi connectivity index (χ2v) is 7.45. The molecule has 0 saturated carbocycles. The lowest BCUT2D eigenvalue weighted by atomic mass is 10.0. The molecule has 0 aliphatic carbocycles. The lowest BCUT2D eigenvalue weighted by molar-refractivity contribution is -0.150. The summed E-state index contributed by atoms with van der Waals surface area (Å²) in [5.74, 6) is -0.924. The van der Waals surface area contributed by atoms with Gasteiger partial charge in [-0.15, -0.1) is 0 Å². The Morgan fingerprint density at radius 3 is 2.40 bits per heavy atom. The standard InChI is InChI=1S/C22H26N4O4/c1-13(2)14-5-9-17(10-6-14)26-11-12-30-19(22(26)29)18(27)21(28)25-16-7-3-15(4-8-16)20(23)24/h3-10,13,18-19,27H,11-12H2,1-2H3,(H3,23,24)(H,25,28)/t18?,19-/m1/s1. The van der Waals surface area contributed by atoms with Crippen LogP contribution >= 0.6 is 0 Å².